The summed E-state index contributed by atoms with van der Waals surface area (Å²) in [5.41, 5.74) is 6.52. The van der Waals surface area contributed by atoms with Gasteiger partial charge in [0.05, 0.1) is 5.69 Å². The Balaban J connectivity index is 2.50. The van der Waals surface area contributed by atoms with Crippen molar-refractivity contribution in [3.63, 3.8) is 0 Å². The van der Waals surface area contributed by atoms with Gasteiger partial charge in [-0.1, -0.05) is 20.3 Å². The van der Waals surface area contributed by atoms with E-state index in [9.17, 15) is 0 Å². The van der Waals surface area contributed by atoms with Crippen LogP contribution in [0, 0.1) is 5.92 Å². The minimum absolute atomic E-state index is 0.414. The highest BCUT2D eigenvalue weighted by Gasteiger charge is 2.10. The number of nitrogens with zero attached hydrogens (tertiary/aromatic N) is 2. The standard InChI is InChI=1S/C11H22N4/c1-5-8(2)6-9(3)13-11-10(12)7-15(4)14-11/h7-9H,5-6,12H2,1-4H3,(H,13,14). The molecule has 0 spiro atoms. The second kappa shape index (κ2) is 5.05. The Bertz CT molecular complexity index is 306. The molecule has 4 nitrogen and oxygen atoms in total. The highest BCUT2D eigenvalue weighted by atomic mass is 15.3. The van der Waals surface area contributed by atoms with Gasteiger partial charge in [-0.2, -0.15) is 5.10 Å². The van der Waals surface area contributed by atoms with E-state index in [4.69, 9.17) is 5.73 Å². The van der Waals surface area contributed by atoms with Gasteiger partial charge in [-0.3, -0.25) is 4.68 Å². The molecule has 2 atom stereocenters. The first-order valence-corrected chi connectivity index (χ1v) is 5.58. The lowest BCUT2D eigenvalue weighted by molar-refractivity contribution is 0.483. The lowest BCUT2D eigenvalue weighted by Gasteiger charge is -2.17. The number of aryl methyl sites for hydroxylation is 1. The van der Waals surface area contributed by atoms with E-state index in [0.29, 0.717) is 11.7 Å². The third-order valence-corrected chi connectivity index (χ3v) is 2.69. The molecule has 1 aromatic rings. The van der Waals surface area contributed by atoms with Gasteiger partial charge in [-0.15, -0.1) is 0 Å². The lowest BCUT2D eigenvalue weighted by Crippen LogP contribution is -2.19. The first kappa shape index (κ1) is 11.9. The van der Waals surface area contributed by atoms with E-state index in [0.717, 1.165) is 18.2 Å². The van der Waals surface area contributed by atoms with Crippen LogP contribution in [0.15, 0.2) is 6.20 Å². The second-order valence-corrected chi connectivity index (χ2v) is 4.40. The van der Waals surface area contributed by atoms with Crippen LogP contribution in [0.1, 0.15) is 33.6 Å². The largest absolute Gasteiger partial charge is 0.394 e. The summed E-state index contributed by atoms with van der Waals surface area (Å²) in [5, 5.41) is 7.60. The predicted molar refractivity (Wildman–Crippen MR) is 64.8 cm³/mol. The minimum atomic E-state index is 0.414. The van der Waals surface area contributed by atoms with Crippen LogP contribution < -0.4 is 11.1 Å². The molecule has 15 heavy (non-hydrogen) atoms. The second-order valence-electron chi connectivity index (χ2n) is 4.40. The fourth-order valence-electron chi connectivity index (χ4n) is 1.68. The monoisotopic (exact) mass is 210 g/mol. The Morgan fingerprint density at radius 3 is 2.67 bits per heavy atom. The first-order chi connectivity index (χ1) is 7.02. The highest BCUT2D eigenvalue weighted by molar-refractivity contribution is 5.60. The van der Waals surface area contributed by atoms with Crippen LogP contribution in [0.2, 0.25) is 0 Å². The Kier molecular flexibility index (Phi) is 4.00. The molecular weight excluding hydrogens is 188 g/mol. The van der Waals surface area contributed by atoms with Crippen molar-refractivity contribution in [2.45, 2.75) is 39.7 Å². The quantitative estimate of drug-likeness (QED) is 0.783. The lowest BCUT2D eigenvalue weighted by atomic mass is 10.0. The maximum atomic E-state index is 5.81. The van der Waals surface area contributed by atoms with Gasteiger partial charge in [-0.05, 0) is 19.3 Å². The Hall–Kier alpha value is -1.19. The zero-order chi connectivity index (χ0) is 11.4. The van der Waals surface area contributed by atoms with Crippen LogP contribution in [0.5, 0.6) is 0 Å². The molecule has 0 saturated carbocycles. The van der Waals surface area contributed by atoms with Crippen molar-refractivity contribution in [2.24, 2.45) is 13.0 Å². The molecule has 3 N–H and O–H groups in total. The number of anilines is 2. The van der Waals surface area contributed by atoms with E-state index in [1.807, 2.05) is 13.2 Å². The Morgan fingerprint density at radius 1 is 1.53 bits per heavy atom. The molecule has 0 amide bonds. The normalized spacial score (nSPS) is 14.9. The summed E-state index contributed by atoms with van der Waals surface area (Å²) in [7, 11) is 1.88. The average molecular weight is 210 g/mol. The topological polar surface area (TPSA) is 55.9 Å². The van der Waals surface area contributed by atoms with Crippen LogP contribution in [0.25, 0.3) is 0 Å². The molecule has 1 aromatic heterocycles. The van der Waals surface area contributed by atoms with Gasteiger partial charge < -0.3 is 11.1 Å². The molecule has 4 heteroatoms. The number of nitrogens with one attached hydrogen (secondary N) is 1. The number of hydrogen-bond donors (Lipinski definition) is 2. The molecule has 0 fully saturated rings. The zero-order valence-electron chi connectivity index (χ0n) is 10.1. The molecule has 0 radical (unpaired) electrons. The molecule has 0 saturated heterocycles. The first-order valence-electron chi connectivity index (χ1n) is 5.58. The van der Waals surface area contributed by atoms with Crippen LogP contribution in [-0.2, 0) is 7.05 Å². The van der Waals surface area contributed by atoms with Gasteiger partial charge in [-0.25, -0.2) is 0 Å². The third kappa shape index (κ3) is 3.46. The third-order valence-electron chi connectivity index (χ3n) is 2.69. The molecule has 0 aliphatic rings. The Labute approximate surface area is 91.8 Å². The summed E-state index contributed by atoms with van der Waals surface area (Å²) in [4.78, 5) is 0. The summed E-state index contributed by atoms with van der Waals surface area (Å²) in [6, 6.07) is 0.414. The number of aromatic nitrogens is 2. The van der Waals surface area contributed by atoms with E-state index >= 15 is 0 Å². The molecular formula is C11H22N4. The Morgan fingerprint density at radius 2 is 2.20 bits per heavy atom. The minimum Gasteiger partial charge on any atom is -0.394 e. The number of nitrogen functional groups attached to an aromatic ring is 1. The zero-order valence-corrected chi connectivity index (χ0v) is 10.1. The van der Waals surface area contributed by atoms with Crippen molar-refractivity contribution in [1.29, 1.82) is 0 Å². The van der Waals surface area contributed by atoms with Crippen LogP contribution in [0.3, 0.4) is 0 Å². The van der Waals surface area contributed by atoms with Crippen molar-refractivity contribution in [2.75, 3.05) is 11.1 Å². The maximum Gasteiger partial charge on any atom is 0.171 e. The van der Waals surface area contributed by atoms with Crippen molar-refractivity contribution in [1.82, 2.24) is 9.78 Å². The molecule has 0 aromatic carbocycles. The van der Waals surface area contributed by atoms with Crippen molar-refractivity contribution in [3.05, 3.63) is 6.20 Å². The van der Waals surface area contributed by atoms with Gasteiger partial charge in [0.25, 0.3) is 0 Å². The number of nitrogens with two attached hydrogens (primary N) is 1. The number of rotatable bonds is 5. The van der Waals surface area contributed by atoms with Gasteiger partial charge >= 0.3 is 0 Å². The van der Waals surface area contributed by atoms with Crippen LogP contribution in [-0.4, -0.2) is 15.8 Å². The summed E-state index contributed by atoms with van der Waals surface area (Å²) >= 11 is 0. The molecule has 0 bridgehead atoms. The fourth-order valence-corrected chi connectivity index (χ4v) is 1.68. The highest BCUT2D eigenvalue weighted by Crippen LogP contribution is 2.18. The van der Waals surface area contributed by atoms with E-state index in [1.165, 1.54) is 6.42 Å². The summed E-state index contributed by atoms with van der Waals surface area (Å²) < 4.78 is 1.73. The smallest absolute Gasteiger partial charge is 0.171 e. The van der Waals surface area contributed by atoms with Gasteiger partial charge in [0.2, 0.25) is 0 Å². The van der Waals surface area contributed by atoms with E-state index < -0.39 is 0 Å². The predicted octanol–water partition coefficient (Wildman–Crippen LogP) is 2.24. The van der Waals surface area contributed by atoms with Crippen LogP contribution in [0.4, 0.5) is 11.5 Å². The average Bonchev–Trinajstić information content (AvgIpc) is 2.44. The van der Waals surface area contributed by atoms with E-state index in [-0.39, 0.29) is 0 Å². The molecule has 2 unspecified atom stereocenters. The van der Waals surface area contributed by atoms with Crippen molar-refractivity contribution >= 4 is 11.5 Å². The molecule has 0 aliphatic carbocycles. The fraction of sp³-hybridized carbons (Fsp3) is 0.727. The summed E-state index contributed by atoms with van der Waals surface area (Å²) in [6.07, 6.45) is 4.18. The van der Waals surface area contributed by atoms with E-state index in [1.54, 1.807) is 4.68 Å². The maximum absolute atomic E-state index is 5.81. The SMILES string of the molecule is CCC(C)CC(C)Nc1nn(C)cc1N. The van der Waals surface area contributed by atoms with Gasteiger partial charge in [0.15, 0.2) is 5.82 Å². The van der Waals surface area contributed by atoms with Crippen molar-refractivity contribution < 1.29 is 0 Å². The number of hydrogen-bond acceptors (Lipinski definition) is 3. The van der Waals surface area contributed by atoms with Gasteiger partial charge in [0.1, 0.15) is 0 Å². The van der Waals surface area contributed by atoms with Gasteiger partial charge in [0, 0.05) is 19.3 Å². The van der Waals surface area contributed by atoms with E-state index in [2.05, 4.69) is 31.2 Å². The summed E-state index contributed by atoms with van der Waals surface area (Å²) in [6.45, 7) is 6.65. The molecule has 1 rings (SSSR count). The van der Waals surface area contributed by atoms with Crippen LogP contribution >= 0.6 is 0 Å². The van der Waals surface area contributed by atoms with Crippen molar-refractivity contribution in [3.8, 4) is 0 Å². The molecule has 1 heterocycles. The molecule has 86 valence electrons. The molecule has 0 aliphatic heterocycles. The summed E-state index contributed by atoms with van der Waals surface area (Å²) in [5.74, 6) is 1.53.